The summed E-state index contributed by atoms with van der Waals surface area (Å²) in [7, 11) is 0. The molecule has 0 aliphatic heterocycles. The molecule has 120 valence electrons. The van der Waals surface area contributed by atoms with Crippen LogP contribution in [0.4, 0.5) is 0 Å². The predicted molar refractivity (Wildman–Crippen MR) is 90.9 cm³/mol. The minimum absolute atomic E-state index is 0.0749. The predicted octanol–water partition coefficient (Wildman–Crippen LogP) is 1.87. The van der Waals surface area contributed by atoms with E-state index in [9.17, 15) is 9.59 Å². The fourth-order valence-corrected chi connectivity index (χ4v) is 2.39. The lowest BCUT2D eigenvalue weighted by atomic mass is 10.0. The number of nitrogens with one attached hydrogen (secondary N) is 1. The van der Waals surface area contributed by atoms with Crippen molar-refractivity contribution in [3.63, 3.8) is 0 Å². The highest BCUT2D eigenvalue weighted by Gasteiger charge is 2.21. The molecule has 2 atom stereocenters. The van der Waals surface area contributed by atoms with Crippen LogP contribution in [0, 0.1) is 0 Å². The second kappa shape index (κ2) is 8.25. The van der Waals surface area contributed by atoms with Gasteiger partial charge < -0.3 is 11.1 Å². The summed E-state index contributed by atoms with van der Waals surface area (Å²) in [5, 5.41) is 2.77. The maximum Gasteiger partial charge on any atom is 0.237 e. The van der Waals surface area contributed by atoms with E-state index in [2.05, 4.69) is 5.32 Å². The van der Waals surface area contributed by atoms with Gasteiger partial charge in [-0.25, -0.2) is 0 Å². The second-order valence-electron chi connectivity index (χ2n) is 5.66. The topological polar surface area (TPSA) is 72.2 Å². The normalized spacial score (nSPS) is 13.1. The Morgan fingerprint density at radius 3 is 1.87 bits per heavy atom. The van der Waals surface area contributed by atoms with Crippen LogP contribution in [-0.4, -0.2) is 23.8 Å². The number of hydrogen-bond donors (Lipinski definition) is 2. The first-order valence-electron chi connectivity index (χ1n) is 7.70. The maximum atomic E-state index is 12.3. The van der Waals surface area contributed by atoms with Crippen LogP contribution in [0.5, 0.6) is 0 Å². The molecule has 0 aromatic heterocycles. The van der Waals surface area contributed by atoms with Crippen LogP contribution in [0.25, 0.3) is 0 Å². The molecule has 2 aromatic carbocycles. The standard InChI is InChI=1S/C19H22N2O2/c1-14(22)18(13-16-10-6-3-7-11-16)21-19(23)17(20)12-15-8-4-2-5-9-15/h2-11,17-18H,12-13,20H2,1H3,(H,21,23)/t17-,18-/m0/s1. The lowest BCUT2D eigenvalue weighted by Gasteiger charge is -2.19. The van der Waals surface area contributed by atoms with Gasteiger partial charge >= 0.3 is 0 Å². The molecule has 0 fully saturated rings. The van der Waals surface area contributed by atoms with Crippen LogP contribution in [0.2, 0.25) is 0 Å². The molecule has 0 saturated heterocycles. The molecule has 1 amide bonds. The molecular weight excluding hydrogens is 288 g/mol. The first kappa shape index (κ1) is 16.9. The Bertz CT molecular complexity index is 641. The van der Waals surface area contributed by atoms with Gasteiger partial charge in [0.05, 0.1) is 12.1 Å². The van der Waals surface area contributed by atoms with Gasteiger partial charge in [-0.2, -0.15) is 0 Å². The van der Waals surface area contributed by atoms with E-state index >= 15 is 0 Å². The molecule has 0 saturated carbocycles. The first-order chi connectivity index (χ1) is 11.1. The van der Waals surface area contributed by atoms with Crippen molar-refractivity contribution in [3.05, 3.63) is 71.8 Å². The molecule has 0 aliphatic rings. The summed E-state index contributed by atoms with van der Waals surface area (Å²) in [4.78, 5) is 24.1. The van der Waals surface area contributed by atoms with E-state index in [0.29, 0.717) is 12.8 Å². The zero-order valence-corrected chi connectivity index (χ0v) is 13.2. The third-order valence-electron chi connectivity index (χ3n) is 3.73. The van der Waals surface area contributed by atoms with Gasteiger partial charge in [-0.15, -0.1) is 0 Å². The molecule has 2 aromatic rings. The number of Topliss-reactive ketones (excluding diaryl/α,β-unsaturated/α-hetero) is 1. The van der Waals surface area contributed by atoms with Crippen molar-refractivity contribution in [2.24, 2.45) is 5.73 Å². The van der Waals surface area contributed by atoms with E-state index in [4.69, 9.17) is 5.73 Å². The van der Waals surface area contributed by atoms with Crippen molar-refractivity contribution < 1.29 is 9.59 Å². The highest BCUT2D eigenvalue weighted by atomic mass is 16.2. The number of rotatable bonds is 7. The van der Waals surface area contributed by atoms with E-state index < -0.39 is 12.1 Å². The molecule has 0 spiro atoms. The minimum atomic E-state index is -0.671. The van der Waals surface area contributed by atoms with Gasteiger partial charge in [0.25, 0.3) is 0 Å². The van der Waals surface area contributed by atoms with Crippen molar-refractivity contribution in [2.45, 2.75) is 31.8 Å². The maximum absolute atomic E-state index is 12.3. The van der Waals surface area contributed by atoms with E-state index in [-0.39, 0.29) is 11.7 Å². The van der Waals surface area contributed by atoms with Gasteiger partial charge in [0.2, 0.25) is 5.91 Å². The molecule has 4 heteroatoms. The Morgan fingerprint density at radius 1 is 0.913 bits per heavy atom. The summed E-state index contributed by atoms with van der Waals surface area (Å²) in [5.74, 6) is -0.376. The van der Waals surface area contributed by atoms with Crippen LogP contribution < -0.4 is 11.1 Å². The minimum Gasteiger partial charge on any atom is -0.345 e. The van der Waals surface area contributed by atoms with Gasteiger partial charge in [0.1, 0.15) is 0 Å². The van der Waals surface area contributed by atoms with Crippen LogP contribution >= 0.6 is 0 Å². The SMILES string of the molecule is CC(=O)[C@H](Cc1ccccc1)NC(=O)[C@@H](N)Cc1ccccc1. The number of benzene rings is 2. The fraction of sp³-hybridized carbons (Fsp3) is 0.263. The zero-order valence-electron chi connectivity index (χ0n) is 13.2. The summed E-state index contributed by atoms with van der Waals surface area (Å²) in [6.45, 7) is 1.48. The summed E-state index contributed by atoms with van der Waals surface area (Å²) < 4.78 is 0. The average molecular weight is 310 g/mol. The summed E-state index contributed by atoms with van der Waals surface area (Å²) >= 11 is 0. The monoisotopic (exact) mass is 310 g/mol. The number of hydrogen-bond acceptors (Lipinski definition) is 3. The first-order valence-corrected chi connectivity index (χ1v) is 7.70. The van der Waals surface area contributed by atoms with E-state index in [1.54, 1.807) is 0 Å². The molecule has 0 heterocycles. The van der Waals surface area contributed by atoms with Gasteiger partial charge in [-0.05, 0) is 30.9 Å². The molecule has 2 rings (SSSR count). The lowest BCUT2D eigenvalue weighted by molar-refractivity contribution is -0.127. The Labute approximate surface area is 136 Å². The molecule has 3 N–H and O–H groups in total. The molecule has 23 heavy (non-hydrogen) atoms. The zero-order chi connectivity index (χ0) is 16.7. The van der Waals surface area contributed by atoms with Crippen molar-refractivity contribution >= 4 is 11.7 Å². The third-order valence-corrected chi connectivity index (χ3v) is 3.73. The van der Waals surface area contributed by atoms with E-state index in [1.807, 2.05) is 60.7 Å². The lowest BCUT2D eigenvalue weighted by Crippen LogP contribution is -2.49. The Morgan fingerprint density at radius 2 is 1.39 bits per heavy atom. The van der Waals surface area contributed by atoms with Crippen LogP contribution in [0.1, 0.15) is 18.1 Å². The van der Waals surface area contributed by atoms with Crippen molar-refractivity contribution in [1.82, 2.24) is 5.32 Å². The van der Waals surface area contributed by atoms with Crippen molar-refractivity contribution in [2.75, 3.05) is 0 Å². The van der Waals surface area contributed by atoms with Gasteiger partial charge in [-0.1, -0.05) is 60.7 Å². The number of ketones is 1. The Hall–Kier alpha value is -2.46. The quantitative estimate of drug-likeness (QED) is 0.820. The summed E-state index contributed by atoms with van der Waals surface area (Å²) in [6.07, 6.45) is 0.919. The number of carbonyl (C=O) groups excluding carboxylic acids is 2. The largest absolute Gasteiger partial charge is 0.345 e. The molecule has 4 nitrogen and oxygen atoms in total. The highest BCUT2D eigenvalue weighted by Crippen LogP contribution is 2.06. The van der Waals surface area contributed by atoms with Crippen molar-refractivity contribution in [1.29, 1.82) is 0 Å². The van der Waals surface area contributed by atoms with Gasteiger partial charge in [0, 0.05) is 0 Å². The molecule has 0 aliphatic carbocycles. The van der Waals surface area contributed by atoms with Crippen LogP contribution in [0.3, 0.4) is 0 Å². The second-order valence-corrected chi connectivity index (χ2v) is 5.66. The molecule has 0 radical (unpaired) electrons. The molecule has 0 unspecified atom stereocenters. The fourth-order valence-electron chi connectivity index (χ4n) is 2.39. The highest BCUT2D eigenvalue weighted by molar-refractivity contribution is 5.89. The van der Waals surface area contributed by atoms with Gasteiger partial charge in [-0.3, -0.25) is 9.59 Å². The average Bonchev–Trinajstić information content (AvgIpc) is 2.56. The smallest absolute Gasteiger partial charge is 0.237 e. The summed E-state index contributed by atoms with van der Waals surface area (Å²) in [6, 6.07) is 18.0. The number of amides is 1. The van der Waals surface area contributed by atoms with E-state index in [0.717, 1.165) is 11.1 Å². The van der Waals surface area contributed by atoms with E-state index in [1.165, 1.54) is 6.92 Å². The third kappa shape index (κ3) is 5.34. The van der Waals surface area contributed by atoms with Crippen LogP contribution in [0.15, 0.2) is 60.7 Å². The molecule has 0 bridgehead atoms. The Balaban J connectivity index is 1.96. The molecular formula is C19H22N2O2. The number of nitrogens with two attached hydrogens (primary N) is 1. The number of carbonyl (C=O) groups is 2. The van der Waals surface area contributed by atoms with Crippen LogP contribution in [-0.2, 0) is 22.4 Å². The van der Waals surface area contributed by atoms with Crippen molar-refractivity contribution in [3.8, 4) is 0 Å². The van der Waals surface area contributed by atoms with Gasteiger partial charge in [0.15, 0.2) is 5.78 Å². The summed E-state index contributed by atoms with van der Waals surface area (Å²) in [5.41, 5.74) is 7.97. The Kier molecular flexibility index (Phi) is 6.06.